The zero-order chi connectivity index (χ0) is 25.1. The molecule has 1 N–H and O–H groups in total. The average Bonchev–Trinajstić information content (AvgIpc) is 3.54. The van der Waals surface area contributed by atoms with Gasteiger partial charge in [0.05, 0.1) is 5.52 Å². The number of anilines is 1. The number of hydrogen-bond donors (Lipinski definition) is 1. The number of hydrogen-bond acceptors (Lipinski definition) is 4. The van der Waals surface area contributed by atoms with Crippen LogP contribution in [0, 0.1) is 12.7 Å². The van der Waals surface area contributed by atoms with Crippen LogP contribution in [0.3, 0.4) is 0 Å². The first-order valence-corrected chi connectivity index (χ1v) is 12.2. The van der Waals surface area contributed by atoms with Crippen LogP contribution in [0.2, 0.25) is 0 Å². The van der Waals surface area contributed by atoms with Crippen LogP contribution in [0.5, 0.6) is 0 Å². The van der Waals surface area contributed by atoms with E-state index in [4.69, 9.17) is 0 Å². The number of fused-ring (bicyclic) bond motifs is 1. The molecule has 0 saturated heterocycles. The largest absolute Gasteiger partial charge is 0.351 e. The highest BCUT2D eigenvalue weighted by atomic mass is 19.1. The Labute approximate surface area is 208 Å². The van der Waals surface area contributed by atoms with Crippen molar-refractivity contribution in [2.75, 3.05) is 4.90 Å². The van der Waals surface area contributed by atoms with Crippen molar-refractivity contribution in [3.05, 3.63) is 89.7 Å². The maximum atomic E-state index is 14.0. The molecule has 5 rings (SSSR count). The van der Waals surface area contributed by atoms with Crippen molar-refractivity contribution in [2.24, 2.45) is 0 Å². The lowest BCUT2D eigenvalue weighted by Crippen LogP contribution is -2.47. The van der Waals surface area contributed by atoms with Crippen molar-refractivity contribution in [1.82, 2.24) is 20.3 Å². The second-order valence-corrected chi connectivity index (χ2v) is 9.23. The van der Waals surface area contributed by atoms with Gasteiger partial charge in [0.15, 0.2) is 0 Å². The van der Waals surface area contributed by atoms with E-state index in [0.29, 0.717) is 22.3 Å². The molecule has 1 atom stereocenters. The molecule has 0 radical (unpaired) electrons. The zero-order valence-corrected chi connectivity index (χ0v) is 20.1. The van der Waals surface area contributed by atoms with Gasteiger partial charge in [-0.3, -0.25) is 14.5 Å². The molecule has 0 aliphatic heterocycles. The molecule has 1 aliphatic carbocycles. The van der Waals surface area contributed by atoms with Gasteiger partial charge in [0.25, 0.3) is 0 Å². The van der Waals surface area contributed by atoms with Gasteiger partial charge in [-0.05, 0) is 67.3 Å². The van der Waals surface area contributed by atoms with Crippen molar-refractivity contribution in [2.45, 2.75) is 51.2 Å². The van der Waals surface area contributed by atoms with Crippen molar-refractivity contribution in [3.8, 4) is 0 Å². The predicted molar refractivity (Wildman–Crippen MR) is 136 cm³/mol. The monoisotopic (exact) mass is 485 g/mol. The summed E-state index contributed by atoms with van der Waals surface area (Å²) in [6.07, 6.45) is 3.98. The van der Waals surface area contributed by atoms with E-state index < -0.39 is 11.9 Å². The van der Waals surface area contributed by atoms with Gasteiger partial charge in [0.1, 0.15) is 23.9 Å². The maximum Gasteiger partial charge on any atom is 0.249 e. The van der Waals surface area contributed by atoms with E-state index in [1.165, 1.54) is 33.8 Å². The molecular weight excluding hydrogens is 457 g/mol. The number of aromatic nitrogens is 3. The lowest BCUT2D eigenvalue weighted by Gasteiger charge is -2.33. The maximum absolute atomic E-state index is 14.0. The van der Waals surface area contributed by atoms with E-state index in [9.17, 15) is 14.0 Å². The summed E-state index contributed by atoms with van der Waals surface area (Å²) in [5.74, 6) is -1.03. The van der Waals surface area contributed by atoms with E-state index in [1.807, 2.05) is 55.5 Å². The lowest BCUT2D eigenvalue weighted by molar-refractivity contribution is -0.127. The molecule has 1 saturated carbocycles. The second-order valence-electron chi connectivity index (χ2n) is 9.23. The average molecular weight is 486 g/mol. The summed E-state index contributed by atoms with van der Waals surface area (Å²) in [5.41, 5.74) is 3.42. The molecule has 7 nitrogen and oxygen atoms in total. The predicted octanol–water partition coefficient (Wildman–Crippen LogP) is 4.71. The van der Waals surface area contributed by atoms with Crippen LogP contribution in [0.4, 0.5) is 10.1 Å². The Morgan fingerprint density at radius 3 is 2.47 bits per heavy atom. The van der Waals surface area contributed by atoms with Gasteiger partial charge in [-0.25, -0.2) is 9.07 Å². The Morgan fingerprint density at radius 1 is 1.03 bits per heavy atom. The van der Waals surface area contributed by atoms with Crippen molar-refractivity contribution >= 4 is 28.5 Å². The highest BCUT2D eigenvalue weighted by molar-refractivity contribution is 6.01. The van der Waals surface area contributed by atoms with Gasteiger partial charge < -0.3 is 5.32 Å². The number of carbonyl (C=O) groups excluding carboxylic acids is 2. The third-order valence-corrected chi connectivity index (χ3v) is 6.77. The van der Waals surface area contributed by atoms with Crippen molar-refractivity contribution in [1.29, 1.82) is 0 Å². The summed E-state index contributed by atoms with van der Waals surface area (Å²) in [4.78, 5) is 29.3. The smallest absolute Gasteiger partial charge is 0.249 e. The quantitative estimate of drug-likeness (QED) is 0.411. The first-order valence-electron chi connectivity index (χ1n) is 12.2. The number of amides is 2. The van der Waals surface area contributed by atoms with Gasteiger partial charge in [0.2, 0.25) is 11.8 Å². The SMILES string of the molecule is Cc1ccccc1C(C(=O)NC1CCCC1)N(C(=O)Cn1nnc2ccccc21)c1ccc(F)cc1. The fourth-order valence-corrected chi connectivity index (χ4v) is 4.92. The summed E-state index contributed by atoms with van der Waals surface area (Å²) >= 11 is 0. The molecule has 3 aromatic carbocycles. The van der Waals surface area contributed by atoms with E-state index >= 15 is 0 Å². The van der Waals surface area contributed by atoms with Gasteiger partial charge >= 0.3 is 0 Å². The summed E-state index contributed by atoms with van der Waals surface area (Å²) in [6.45, 7) is 1.79. The van der Waals surface area contributed by atoms with E-state index in [2.05, 4.69) is 15.6 Å². The molecule has 1 aliphatic rings. The van der Waals surface area contributed by atoms with Crippen molar-refractivity contribution in [3.63, 3.8) is 0 Å². The highest BCUT2D eigenvalue weighted by Gasteiger charge is 2.35. The topological polar surface area (TPSA) is 80.1 Å². The molecular formula is C28H28FN5O2. The Kier molecular flexibility index (Phi) is 6.75. The first-order chi connectivity index (χ1) is 17.5. The van der Waals surface area contributed by atoms with Crippen LogP contribution in [-0.2, 0) is 16.1 Å². The van der Waals surface area contributed by atoms with Crippen LogP contribution < -0.4 is 10.2 Å². The molecule has 0 spiro atoms. The zero-order valence-electron chi connectivity index (χ0n) is 20.1. The standard InChI is InChI=1S/C28H28FN5O2/c1-19-8-2-5-11-23(19)27(28(36)30-21-9-3-4-10-21)34(22-16-14-20(29)15-17-22)26(35)18-33-25-13-7-6-12-24(25)31-32-33/h2,5-8,11-17,21,27H,3-4,9-10,18H2,1H3,(H,30,36). The number of nitrogens with one attached hydrogen (secondary N) is 1. The number of rotatable bonds is 7. The summed E-state index contributed by atoms with van der Waals surface area (Å²) < 4.78 is 15.4. The van der Waals surface area contributed by atoms with Gasteiger partial charge in [-0.15, -0.1) is 5.10 Å². The van der Waals surface area contributed by atoms with Crippen LogP contribution in [0.25, 0.3) is 11.0 Å². The van der Waals surface area contributed by atoms with Gasteiger partial charge in [-0.1, -0.05) is 54.5 Å². The molecule has 1 aromatic heterocycles. The van der Waals surface area contributed by atoms with Gasteiger partial charge in [-0.2, -0.15) is 0 Å². The fourth-order valence-electron chi connectivity index (χ4n) is 4.92. The van der Waals surface area contributed by atoms with E-state index in [-0.39, 0.29) is 24.4 Å². The summed E-state index contributed by atoms with van der Waals surface area (Å²) in [5, 5.41) is 11.5. The van der Waals surface area contributed by atoms with Crippen molar-refractivity contribution < 1.29 is 14.0 Å². The molecule has 1 unspecified atom stereocenters. The molecule has 36 heavy (non-hydrogen) atoms. The normalized spacial score (nSPS) is 14.6. The molecule has 0 bridgehead atoms. The van der Waals surface area contributed by atoms with Crippen LogP contribution in [0.1, 0.15) is 42.9 Å². The third-order valence-electron chi connectivity index (χ3n) is 6.77. The summed E-state index contributed by atoms with van der Waals surface area (Å²) in [6, 6.07) is 19.7. The van der Waals surface area contributed by atoms with Gasteiger partial charge in [0, 0.05) is 11.7 Å². The second kappa shape index (κ2) is 10.3. The number of carbonyl (C=O) groups is 2. The molecule has 2 amide bonds. The molecule has 4 aromatic rings. The van der Waals surface area contributed by atoms with E-state index in [1.54, 1.807) is 0 Å². The van der Waals surface area contributed by atoms with Crippen LogP contribution in [-0.4, -0.2) is 32.9 Å². The lowest BCUT2D eigenvalue weighted by atomic mass is 9.97. The Hall–Kier alpha value is -4.07. The fraction of sp³-hybridized carbons (Fsp3) is 0.286. The minimum atomic E-state index is -0.931. The molecule has 184 valence electrons. The first kappa shape index (κ1) is 23.7. The number of benzene rings is 3. The molecule has 8 heteroatoms. The molecule has 1 fully saturated rings. The third kappa shape index (κ3) is 4.84. The Morgan fingerprint density at radius 2 is 1.72 bits per heavy atom. The van der Waals surface area contributed by atoms with E-state index in [0.717, 1.165) is 31.2 Å². The number of halogens is 1. The number of nitrogens with zero attached hydrogens (tertiary/aromatic N) is 4. The molecule has 1 heterocycles. The van der Waals surface area contributed by atoms with Crippen LogP contribution in [0.15, 0.2) is 72.8 Å². The highest BCUT2D eigenvalue weighted by Crippen LogP contribution is 2.31. The Balaban J connectivity index is 1.58. The minimum absolute atomic E-state index is 0.0773. The number of para-hydroxylation sites is 1. The number of aryl methyl sites for hydroxylation is 1. The Bertz CT molecular complexity index is 1380. The minimum Gasteiger partial charge on any atom is -0.351 e. The summed E-state index contributed by atoms with van der Waals surface area (Å²) in [7, 11) is 0. The van der Waals surface area contributed by atoms with Crippen LogP contribution >= 0.6 is 0 Å².